The predicted octanol–water partition coefficient (Wildman–Crippen LogP) is 7.30. The van der Waals surface area contributed by atoms with Gasteiger partial charge in [0, 0.05) is 62.5 Å². The van der Waals surface area contributed by atoms with Gasteiger partial charge in [0.1, 0.15) is 5.60 Å². The van der Waals surface area contributed by atoms with Gasteiger partial charge in [-0.15, -0.1) is 10.2 Å². The Morgan fingerprint density at radius 3 is 2.58 bits per heavy atom. The van der Waals surface area contributed by atoms with Gasteiger partial charge in [-0.2, -0.15) is 0 Å². The molecule has 1 atom stereocenters. The van der Waals surface area contributed by atoms with Crippen LogP contribution in [0.4, 0.5) is 10.5 Å². The van der Waals surface area contributed by atoms with E-state index in [1.54, 1.807) is 7.11 Å². The lowest BCUT2D eigenvalue weighted by Gasteiger charge is -2.34. The Morgan fingerprint density at radius 2 is 1.81 bits per heavy atom. The fourth-order valence-corrected chi connectivity index (χ4v) is 6.13. The highest BCUT2D eigenvalue weighted by atomic mass is 79.9. The molecule has 0 spiro atoms. The lowest BCUT2D eigenvalue weighted by atomic mass is 9.90. The van der Waals surface area contributed by atoms with Crippen molar-refractivity contribution in [2.45, 2.75) is 70.5 Å². The number of ether oxygens (including phenoxy) is 3. The third-order valence-electron chi connectivity index (χ3n) is 7.92. The highest BCUT2D eigenvalue weighted by Crippen LogP contribution is 2.36. The molecule has 2 saturated heterocycles. The smallest absolute Gasteiger partial charge is 0.410 e. The Bertz CT molecular complexity index is 1370. The van der Waals surface area contributed by atoms with E-state index in [2.05, 4.69) is 49.2 Å². The first-order valence-electron chi connectivity index (χ1n) is 15.3. The van der Waals surface area contributed by atoms with Crippen LogP contribution in [-0.2, 0) is 14.2 Å². The van der Waals surface area contributed by atoms with E-state index >= 15 is 0 Å². The van der Waals surface area contributed by atoms with Crippen molar-refractivity contribution in [2.75, 3.05) is 51.4 Å². The fraction of sp³-hybridized carbons (Fsp3) is 0.545. The van der Waals surface area contributed by atoms with Crippen LogP contribution in [0.5, 0.6) is 0 Å². The summed E-state index contributed by atoms with van der Waals surface area (Å²) in [6.07, 6.45) is 4.81. The van der Waals surface area contributed by atoms with Crippen molar-refractivity contribution >= 4 is 27.7 Å². The normalized spacial score (nSPS) is 18.2. The lowest BCUT2D eigenvalue weighted by Crippen LogP contribution is -2.42. The van der Waals surface area contributed by atoms with Crippen LogP contribution in [-0.4, -0.2) is 79.4 Å². The van der Waals surface area contributed by atoms with E-state index in [0.29, 0.717) is 24.9 Å². The zero-order valence-electron chi connectivity index (χ0n) is 25.7. The number of aromatic nitrogens is 2. The number of hydrogen-bond donors (Lipinski definition) is 0. The Hall–Kier alpha value is -2.95. The maximum Gasteiger partial charge on any atom is 0.410 e. The minimum absolute atomic E-state index is 0.216. The number of likely N-dealkylation sites (tertiary alicyclic amines) is 1. The molecule has 1 unspecified atom stereocenters. The molecule has 9 nitrogen and oxygen atoms in total. The molecule has 2 fully saturated rings. The number of benzene rings is 2. The third-order valence-corrected chi connectivity index (χ3v) is 8.42. The number of carbonyl (C=O) groups is 1. The summed E-state index contributed by atoms with van der Waals surface area (Å²) in [6, 6.07) is 14.4. The molecule has 5 rings (SSSR count). The van der Waals surface area contributed by atoms with Gasteiger partial charge in [-0.3, -0.25) is 0 Å². The summed E-state index contributed by atoms with van der Waals surface area (Å²) < 4.78 is 24.1. The standard InChI is InChI=1S/C33H43BrN4O5/c1-33(2,3)43-32(39)38-15-6-10-25(22-38)23-8-5-9-24(20-23)30-35-36-31(42-30)28-12-11-26(34)21-29(28)37-16-13-27(14-17-37)41-19-7-18-40-4/h5,8-9,11-12,20-21,25,27H,6-7,10,13-19,22H2,1-4H3. The molecule has 0 aliphatic carbocycles. The largest absolute Gasteiger partial charge is 0.444 e. The second-order valence-corrected chi connectivity index (χ2v) is 13.3. The molecule has 2 aromatic carbocycles. The summed E-state index contributed by atoms with van der Waals surface area (Å²) in [6.45, 7) is 10.3. The van der Waals surface area contributed by atoms with Gasteiger partial charge in [-0.05, 0) is 88.8 Å². The number of halogens is 1. The number of hydrogen-bond acceptors (Lipinski definition) is 8. The van der Waals surface area contributed by atoms with Crippen molar-refractivity contribution in [3.63, 3.8) is 0 Å². The Kier molecular flexibility index (Phi) is 10.4. The predicted molar refractivity (Wildman–Crippen MR) is 170 cm³/mol. The van der Waals surface area contributed by atoms with Crippen LogP contribution in [0.15, 0.2) is 51.4 Å². The van der Waals surface area contributed by atoms with Gasteiger partial charge < -0.3 is 28.4 Å². The maximum atomic E-state index is 12.7. The van der Waals surface area contributed by atoms with Crippen LogP contribution in [0, 0.1) is 0 Å². The summed E-state index contributed by atoms with van der Waals surface area (Å²) in [5, 5.41) is 8.91. The molecule has 3 aromatic rings. The number of nitrogens with zero attached hydrogens (tertiary/aromatic N) is 4. The van der Waals surface area contributed by atoms with Crippen molar-refractivity contribution in [1.82, 2.24) is 15.1 Å². The van der Waals surface area contributed by atoms with Crippen molar-refractivity contribution < 1.29 is 23.4 Å². The van der Waals surface area contributed by atoms with Crippen LogP contribution in [0.3, 0.4) is 0 Å². The number of methoxy groups -OCH3 is 1. The molecule has 0 bridgehead atoms. The minimum Gasteiger partial charge on any atom is -0.444 e. The summed E-state index contributed by atoms with van der Waals surface area (Å²) in [4.78, 5) is 16.9. The topological polar surface area (TPSA) is 90.2 Å². The molecule has 1 aromatic heterocycles. The second-order valence-electron chi connectivity index (χ2n) is 12.4. The van der Waals surface area contributed by atoms with Crippen molar-refractivity contribution in [3.8, 4) is 22.9 Å². The molecule has 43 heavy (non-hydrogen) atoms. The van der Waals surface area contributed by atoms with Crippen molar-refractivity contribution in [1.29, 1.82) is 0 Å². The number of amides is 1. The van der Waals surface area contributed by atoms with Gasteiger partial charge in [0.25, 0.3) is 0 Å². The molecule has 0 saturated carbocycles. The number of piperidine rings is 2. The van der Waals surface area contributed by atoms with Gasteiger partial charge in [0.15, 0.2) is 0 Å². The molecular formula is C33H43BrN4O5. The molecule has 2 aliphatic rings. The van der Waals surface area contributed by atoms with Gasteiger partial charge in [0.2, 0.25) is 11.8 Å². The molecule has 2 aliphatic heterocycles. The highest BCUT2D eigenvalue weighted by Gasteiger charge is 2.29. The van der Waals surface area contributed by atoms with Gasteiger partial charge in [0.05, 0.1) is 17.4 Å². The van der Waals surface area contributed by atoms with Crippen LogP contribution < -0.4 is 4.90 Å². The van der Waals surface area contributed by atoms with E-state index < -0.39 is 5.60 Å². The monoisotopic (exact) mass is 654 g/mol. The number of anilines is 1. The van der Waals surface area contributed by atoms with Gasteiger partial charge in [-0.25, -0.2) is 4.79 Å². The second kappa shape index (κ2) is 14.2. The van der Waals surface area contributed by atoms with Crippen LogP contribution in [0.25, 0.3) is 22.9 Å². The summed E-state index contributed by atoms with van der Waals surface area (Å²) in [5.41, 5.74) is 3.50. The highest BCUT2D eigenvalue weighted by molar-refractivity contribution is 9.10. The molecule has 10 heteroatoms. The molecule has 0 radical (unpaired) electrons. The number of carbonyl (C=O) groups excluding carboxylic acids is 1. The molecule has 0 N–H and O–H groups in total. The Labute approximate surface area is 263 Å². The van der Waals surface area contributed by atoms with Crippen LogP contribution in [0.2, 0.25) is 0 Å². The van der Waals surface area contributed by atoms with Crippen LogP contribution >= 0.6 is 15.9 Å². The fourth-order valence-electron chi connectivity index (χ4n) is 5.78. The van der Waals surface area contributed by atoms with E-state index in [9.17, 15) is 4.79 Å². The summed E-state index contributed by atoms with van der Waals surface area (Å²) >= 11 is 3.65. The first-order chi connectivity index (χ1) is 20.7. The minimum atomic E-state index is -0.511. The first-order valence-corrected chi connectivity index (χ1v) is 16.1. The molecular weight excluding hydrogens is 612 g/mol. The van der Waals surface area contributed by atoms with E-state index in [1.807, 2.05) is 49.9 Å². The van der Waals surface area contributed by atoms with Gasteiger partial charge >= 0.3 is 6.09 Å². The lowest BCUT2D eigenvalue weighted by molar-refractivity contribution is 0.0198. The quantitative estimate of drug-likeness (QED) is 0.222. The first kappa shape index (κ1) is 31.5. The Morgan fingerprint density at radius 1 is 1.02 bits per heavy atom. The molecule has 232 valence electrons. The third kappa shape index (κ3) is 8.37. The average molecular weight is 656 g/mol. The van der Waals surface area contributed by atoms with Crippen molar-refractivity contribution in [3.05, 3.63) is 52.5 Å². The van der Waals surface area contributed by atoms with Crippen molar-refractivity contribution in [2.24, 2.45) is 0 Å². The number of rotatable bonds is 9. The zero-order chi connectivity index (χ0) is 30.4. The van der Waals surface area contributed by atoms with E-state index in [1.165, 1.54) is 0 Å². The molecule has 3 heterocycles. The van der Waals surface area contributed by atoms with Gasteiger partial charge in [-0.1, -0.05) is 28.1 Å². The van der Waals surface area contributed by atoms with Crippen LogP contribution in [0.1, 0.15) is 64.4 Å². The average Bonchev–Trinajstić information content (AvgIpc) is 3.49. The SMILES string of the molecule is COCCCOC1CCN(c2cc(Br)ccc2-c2nnc(-c3cccc(C4CCCN(C(=O)OC(C)(C)C)C4)c3)o2)CC1. The van der Waals surface area contributed by atoms with E-state index in [0.717, 1.165) is 85.3 Å². The summed E-state index contributed by atoms with van der Waals surface area (Å²) in [7, 11) is 1.72. The zero-order valence-corrected chi connectivity index (χ0v) is 27.3. The summed E-state index contributed by atoms with van der Waals surface area (Å²) in [5.74, 6) is 1.19. The molecule has 1 amide bonds. The Balaban J connectivity index is 1.28. The van der Waals surface area contributed by atoms with E-state index in [4.69, 9.17) is 18.6 Å². The maximum absolute atomic E-state index is 12.7. The van der Waals surface area contributed by atoms with E-state index in [-0.39, 0.29) is 18.1 Å².